The van der Waals surface area contributed by atoms with Crippen molar-refractivity contribution in [2.45, 2.75) is 57.7 Å². The average molecular weight is 234 g/mol. The average Bonchev–Trinajstić information content (AvgIpc) is 2.97. The standard InChI is InChI=1S/C15H22O2/c1-10-6-15(16)8-12(2)7-11(15)13(3,17-9-12)14(10)4-5-14/h6,11,16H,4-5,7-9H2,1-3H3. The number of hydrogen-bond donors (Lipinski definition) is 1. The quantitative estimate of drug-likeness (QED) is 0.653. The topological polar surface area (TPSA) is 29.5 Å². The molecule has 0 aromatic carbocycles. The molecule has 3 aliphatic carbocycles. The van der Waals surface area contributed by atoms with E-state index in [4.69, 9.17) is 4.74 Å². The molecule has 2 heteroatoms. The molecule has 1 heterocycles. The van der Waals surface area contributed by atoms with Gasteiger partial charge in [-0.1, -0.05) is 18.6 Å². The Morgan fingerprint density at radius 1 is 1.35 bits per heavy atom. The summed E-state index contributed by atoms with van der Waals surface area (Å²) in [4.78, 5) is 0. The van der Waals surface area contributed by atoms with Crippen LogP contribution in [0.1, 0.15) is 46.5 Å². The molecule has 0 amide bonds. The molecule has 1 N–H and O–H groups in total. The van der Waals surface area contributed by atoms with Crippen LogP contribution >= 0.6 is 0 Å². The van der Waals surface area contributed by atoms with Crippen LogP contribution in [0.2, 0.25) is 0 Å². The molecule has 0 aromatic heterocycles. The molecule has 4 atom stereocenters. The van der Waals surface area contributed by atoms with Gasteiger partial charge in [-0.2, -0.15) is 0 Å². The molecule has 0 radical (unpaired) electrons. The molecule has 2 nitrogen and oxygen atoms in total. The zero-order chi connectivity index (χ0) is 12.1. The Labute approximate surface area is 103 Å². The van der Waals surface area contributed by atoms with Gasteiger partial charge in [0.05, 0.1) is 17.8 Å². The van der Waals surface area contributed by atoms with E-state index in [0.717, 1.165) is 19.4 Å². The van der Waals surface area contributed by atoms with Gasteiger partial charge in [0.25, 0.3) is 0 Å². The molecule has 1 spiro atoms. The number of fused-ring (bicyclic) bond motifs is 2. The lowest BCUT2D eigenvalue weighted by Gasteiger charge is -2.53. The predicted molar refractivity (Wildman–Crippen MR) is 65.6 cm³/mol. The SMILES string of the molecule is CC1=CC2(O)CC3(C)COC(C)(C2C3)C12CC2. The Bertz CT molecular complexity index is 436. The summed E-state index contributed by atoms with van der Waals surface area (Å²) in [6, 6.07) is 0. The molecule has 2 bridgehead atoms. The molecule has 4 aliphatic rings. The fraction of sp³-hybridized carbons (Fsp3) is 0.867. The summed E-state index contributed by atoms with van der Waals surface area (Å²) in [5.41, 5.74) is 1.12. The predicted octanol–water partition coefficient (Wildman–Crippen LogP) is 2.66. The van der Waals surface area contributed by atoms with Gasteiger partial charge in [0.2, 0.25) is 0 Å². The highest BCUT2D eigenvalue weighted by atomic mass is 16.5. The van der Waals surface area contributed by atoms with Crippen molar-refractivity contribution in [1.29, 1.82) is 0 Å². The third kappa shape index (κ3) is 0.978. The normalized spacial score (nSPS) is 58.1. The van der Waals surface area contributed by atoms with E-state index in [1.807, 2.05) is 0 Å². The van der Waals surface area contributed by atoms with Crippen molar-refractivity contribution in [3.8, 4) is 0 Å². The molecule has 2 saturated carbocycles. The summed E-state index contributed by atoms with van der Waals surface area (Å²) in [5, 5.41) is 11.0. The third-order valence-electron chi connectivity index (χ3n) is 6.32. The van der Waals surface area contributed by atoms with Gasteiger partial charge in [-0.15, -0.1) is 0 Å². The maximum Gasteiger partial charge on any atom is 0.0892 e. The first kappa shape index (κ1) is 10.6. The van der Waals surface area contributed by atoms with E-state index in [1.54, 1.807) is 0 Å². The van der Waals surface area contributed by atoms with Crippen LogP contribution in [0.25, 0.3) is 0 Å². The Kier molecular flexibility index (Phi) is 1.56. The van der Waals surface area contributed by atoms with Crippen LogP contribution < -0.4 is 0 Å². The van der Waals surface area contributed by atoms with Crippen molar-refractivity contribution >= 4 is 0 Å². The molecular weight excluding hydrogens is 212 g/mol. The molecule has 17 heavy (non-hydrogen) atoms. The molecule has 3 fully saturated rings. The van der Waals surface area contributed by atoms with Crippen molar-refractivity contribution < 1.29 is 9.84 Å². The highest BCUT2D eigenvalue weighted by Gasteiger charge is 2.73. The second kappa shape index (κ2) is 2.50. The first-order valence-electron chi connectivity index (χ1n) is 6.90. The second-order valence-electron chi connectivity index (χ2n) is 7.54. The Balaban J connectivity index is 1.93. The Hall–Kier alpha value is -0.340. The first-order chi connectivity index (χ1) is 7.84. The first-order valence-corrected chi connectivity index (χ1v) is 6.90. The van der Waals surface area contributed by atoms with Gasteiger partial charge in [-0.3, -0.25) is 0 Å². The van der Waals surface area contributed by atoms with Crippen LogP contribution in [-0.4, -0.2) is 22.9 Å². The van der Waals surface area contributed by atoms with Crippen LogP contribution in [0.5, 0.6) is 0 Å². The van der Waals surface area contributed by atoms with E-state index in [2.05, 4.69) is 26.8 Å². The molecule has 4 unspecified atom stereocenters. The maximum absolute atomic E-state index is 11.0. The fourth-order valence-electron chi connectivity index (χ4n) is 5.30. The van der Waals surface area contributed by atoms with Crippen LogP contribution in [0, 0.1) is 16.7 Å². The monoisotopic (exact) mass is 234 g/mol. The molecule has 4 rings (SSSR count). The molecule has 94 valence electrons. The Morgan fingerprint density at radius 3 is 2.71 bits per heavy atom. The maximum atomic E-state index is 11.0. The van der Waals surface area contributed by atoms with E-state index < -0.39 is 5.60 Å². The minimum atomic E-state index is -0.599. The zero-order valence-electron chi connectivity index (χ0n) is 11.0. The highest BCUT2D eigenvalue weighted by molar-refractivity contribution is 5.39. The lowest BCUT2D eigenvalue weighted by Crippen LogP contribution is -2.58. The minimum Gasteiger partial charge on any atom is -0.385 e. The summed E-state index contributed by atoms with van der Waals surface area (Å²) in [6.45, 7) is 7.55. The van der Waals surface area contributed by atoms with Gasteiger partial charge in [0.1, 0.15) is 0 Å². The molecular formula is C15H22O2. The second-order valence-corrected chi connectivity index (χ2v) is 7.54. The largest absolute Gasteiger partial charge is 0.385 e. The summed E-state index contributed by atoms with van der Waals surface area (Å²) >= 11 is 0. The summed E-state index contributed by atoms with van der Waals surface area (Å²) in [6.07, 6.45) is 6.69. The molecule has 1 aliphatic heterocycles. The van der Waals surface area contributed by atoms with Crippen molar-refractivity contribution in [2.24, 2.45) is 16.7 Å². The Morgan fingerprint density at radius 2 is 2.06 bits per heavy atom. The highest BCUT2D eigenvalue weighted by Crippen LogP contribution is 2.72. The van der Waals surface area contributed by atoms with E-state index in [-0.39, 0.29) is 16.4 Å². The lowest BCUT2D eigenvalue weighted by atomic mass is 9.61. The fourth-order valence-corrected chi connectivity index (χ4v) is 5.30. The number of hydrogen-bond acceptors (Lipinski definition) is 2. The van der Waals surface area contributed by atoms with Crippen LogP contribution in [0.15, 0.2) is 11.6 Å². The van der Waals surface area contributed by atoms with E-state index in [9.17, 15) is 5.11 Å². The smallest absolute Gasteiger partial charge is 0.0892 e. The number of ether oxygens (including phenoxy) is 1. The van der Waals surface area contributed by atoms with Crippen molar-refractivity contribution in [3.05, 3.63) is 11.6 Å². The van der Waals surface area contributed by atoms with Crippen LogP contribution in [-0.2, 0) is 4.74 Å². The van der Waals surface area contributed by atoms with Gasteiger partial charge in [0, 0.05) is 11.3 Å². The van der Waals surface area contributed by atoms with Crippen molar-refractivity contribution in [3.63, 3.8) is 0 Å². The van der Waals surface area contributed by atoms with E-state index in [1.165, 1.54) is 18.4 Å². The van der Waals surface area contributed by atoms with Crippen LogP contribution in [0.3, 0.4) is 0 Å². The zero-order valence-corrected chi connectivity index (χ0v) is 11.0. The number of aliphatic hydroxyl groups is 1. The minimum absolute atomic E-state index is 0.114. The van der Waals surface area contributed by atoms with Gasteiger partial charge in [-0.05, 0) is 44.9 Å². The van der Waals surface area contributed by atoms with Crippen molar-refractivity contribution in [1.82, 2.24) is 0 Å². The van der Waals surface area contributed by atoms with Crippen LogP contribution in [0.4, 0.5) is 0 Å². The number of rotatable bonds is 0. The third-order valence-corrected chi connectivity index (χ3v) is 6.32. The van der Waals surface area contributed by atoms with Gasteiger partial charge in [-0.25, -0.2) is 0 Å². The molecule has 1 saturated heterocycles. The summed E-state index contributed by atoms with van der Waals surface area (Å²) in [7, 11) is 0. The van der Waals surface area contributed by atoms with Gasteiger partial charge in [0.15, 0.2) is 0 Å². The van der Waals surface area contributed by atoms with E-state index >= 15 is 0 Å². The van der Waals surface area contributed by atoms with Gasteiger partial charge >= 0.3 is 0 Å². The molecule has 0 aromatic rings. The van der Waals surface area contributed by atoms with Gasteiger partial charge < -0.3 is 9.84 Å². The summed E-state index contributed by atoms with van der Waals surface area (Å²) in [5.74, 6) is 0.306. The summed E-state index contributed by atoms with van der Waals surface area (Å²) < 4.78 is 6.34. The van der Waals surface area contributed by atoms with E-state index in [0.29, 0.717) is 5.92 Å². The lowest BCUT2D eigenvalue weighted by molar-refractivity contribution is -0.185. The van der Waals surface area contributed by atoms with Crippen molar-refractivity contribution in [2.75, 3.05) is 6.61 Å².